The number of carbonyl (C=O) groups is 1. The molecule has 0 saturated heterocycles. The predicted octanol–water partition coefficient (Wildman–Crippen LogP) is 5.39. The first kappa shape index (κ1) is 24.3. The summed E-state index contributed by atoms with van der Waals surface area (Å²) in [5.41, 5.74) is 2.41. The van der Waals surface area contributed by atoms with E-state index >= 15 is 0 Å². The minimum absolute atomic E-state index is 0.0337. The third-order valence-corrected chi connectivity index (χ3v) is 7.06. The van der Waals surface area contributed by atoms with Crippen molar-refractivity contribution in [1.29, 1.82) is 0 Å². The molecule has 174 valence electrons. The molecular formula is C26H29NO5S. The average molecular weight is 468 g/mol. The summed E-state index contributed by atoms with van der Waals surface area (Å²) in [5, 5.41) is 0. The maximum atomic E-state index is 13.7. The van der Waals surface area contributed by atoms with Gasteiger partial charge in [0, 0.05) is 11.6 Å². The highest BCUT2D eigenvalue weighted by Crippen LogP contribution is 2.30. The molecular weight excluding hydrogens is 438 g/mol. The smallest absolute Gasteiger partial charge is 0.272 e. The van der Waals surface area contributed by atoms with Crippen molar-refractivity contribution in [2.45, 2.75) is 38.0 Å². The number of ether oxygens (including phenoxy) is 2. The molecule has 0 atom stereocenters. The number of amides is 1. The summed E-state index contributed by atoms with van der Waals surface area (Å²) in [7, 11) is -1.24. The number of methoxy groups -OCH3 is 2. The van der Waals surface area contributed by atoms with Crippen LogP contribution in [0.25, 0.3) is 0 Å². The summed E-state index contributed by atoms with van der Waals surface area (Å²) in [6.45, 7) is 3.99. The summed E-state index contributed by atoms with van der Waals surface area (Å²) in [4.78, 5) is 13.7. The molecule has 0 heterocycles. The first-order valence-electron chi connectivity index (χ1n) is 10.8. The van der Waals surface area contributed by atoms with Crippen LogP contribution in [0.3, 0.4) is 0 Å². The number of carbonyl (C=O) groups excluding carboxylic acids is 1. The van der Waals surface area contributed by atoms with Gasteiger partial charge >= 0.3 is 0 Å². The second-order valence-electron chi connectivity index (χ2n) is 7.76. The zero-order valence-electron chi connectivity index (χ0n) is 19.4. The second kappa shape index (κ2) is 10.5. The quantitative estimate of drug-likeness (QED) is 0.422. The van der Waals surface area contributed by atoms with Crippen LogP contribution in [0.1, 0.15) is 41.3 Å². The lowest BCUT2D eigenvalue weighted by Gasteiger charge is -2.23. The Balaban J connectivity index is 2.13. The van der Waals surface area contributed by atoms with Crippen molar-refractivity contribution in [2.24, 2.45) is 0 Å². The van der Waals surface area contributed by atoms with E-state index in [1.165, 1.54) is 38.5 Å². The van der Waals surface area contributed by atoms with E-state index in [1.807, 2.05) is 19.1 Å². The molecule has 0 unspecified atom stereocenters. The second-order valence-corrected chi connectivity index (χ2v) is 9.55. The van der Waals surface area contributed by atoms with Crippen LogP contribution in [-0.4, -0.2) is 28.5 Å². The Labute approximate surface area is 195 Å². The lowest BCUT2D eigenvalue weighted by Crippen LogP contribution is -2.37. The maximum Gasteiger partial charge on any atom is 0.272 e. The molecule has 7 heteroatoms. The number of benzene rings is 3. The van der Waals surface area contributed by atoms with Crippen LogP contribution in [0.5, 0.6) is 11.5 Å². The highest BCUT2D eigenvalue weighted by molar-refractivity contribution is 7.93. The summed E-state index contributed by atoms with van der Waals surface area (Å²) >= 11 is 0. The van der Waals surface area contributed by atoms with Gasteiger partial charge in [0.15, 0.2) is 0 Å². The van der Waals surface area contributed by atoms with Crippen LogP contribution in [0.2, 0.25) is 0 Å². The average Bonchev–Trinajstić information content (AvgIpc) is 2.83. The van der Waals surface area contributed by atoms with Crippen LogP contribution in [0, 0.1) is 6.92 Å². The molecule has 3 rings (SSSR count). The van der Waals surface area contributed by atoms with Crippen molar-refractivity contribution >= 4 is 21.6 Å². The van der Waals surface area contributed by atoms with Crippen molar-refractivity contribution in [1.82, 2.24) is 0 Å². The highest BCUT2D eigenvalue weighted by Gasteiger charge is 2.32. The van der Waals surface area contributed by atoms with Crippen molar-refractivity contribution in [3.8, 4) is 11.5 Å². The van der Waals surface area contributed by atoms with E-state index in [9.17, 15) is 13.2 Å². The predicted molar refractivity (Wildman–Crippen MR) is 130 cm³/mol. The monoisotopic (exact) mass is 467 g/mol. The molecule has 0 aromatic heterocycles. The van der Waals surface area contributed by atoms with Crippen molar-refractivity contribution in [3.05, 3.63) is 83.4 Å². The van der Waals surface area contributed by atoms with E-state index in [1.54, 1.807) is 30.3 Å². The molecule has 0 fully saturated rings. The molecule has 0 aliphatic carbocycles. The van der Waals surface area contributed by atoms with Gasteiger partial charge in [0.2, 0.25) is 0 Å². The van der Waals surface area contributed by atoms with Gasteiger partial charge in [-0.25, -0.2) is 8.42 Å². The van der Waals surface area contributed by atoms with Crippen LogP contribution in [0.4, 0.5) is 5.69 Å². The van der Waals surface area contributed by atoms with Crippen molar-refractivity contribution in [3.63, 3.8) is 0 Å². The van der Waals surface area contributed by atoms with Gasteiger partial charge in [0.25, 0.3) is 15.9 Å². The first-order chi connectivity index (χ1) is 15.8. The number of sulfonamides is 1. The first-order valence-corrected chi connectivity index (χ1v) is 12.2. The SMILES string of the molecule is CCCCc1ccc(N(C(=O)c2cc(OC)cc(OC)c2)S(=O)(=O)c2ccc(C)cc2)cc1. The molecule has 0 N–H and O–H groups in total. The van der Waals surface area contributed by atoms with E-state index in [-0.39, 0.29) is 16.1 Å². The third kappa shape index (κ3) is 5.54. The molecule has 6 nitrogen and oxygen atoms in total. The topological polar surface area (TPSA) is 72.9 Å². The number of aryl methyl sites for hydroxylation is 2. The Morgan fingerprint density at radius 2 is 1.45 bits per heavy atom. The fraction of sp³-hybridized carbons (Fsp3) is 0.269. The Hall–Kier alpha value is -3.32. The summed E-state index contributed by atoms with van der Waals surface area (Å²) < 4.78 is 38.7. The van der Waals surface area contributed by atoms with Gasteiger partial charge in [-0.15, -0.1) is 0 Å². The largest absolute Gasteiger partial charge is 0.497 e. The zero-order chi connectivity index (χ0) is 24.0. The minimum Gasteiger partial charge on any atom is -0.497 e. The molecule has 0 radical (unpaired) electrons. The molecule has 3 aromatic carbocycles. The Bertz CT molecular complexity index is 1180. The van der Waals surface area contributed by atoms with E-state index in [4.69, 9.17) is 9.47 Å². The number of hydrogen-bond donors (Lipinski definition) is 0. The summed E-state index contributed by atoms with van der Waals surface area (Å²) in [6.07, 6.45) is 2.99. The standard InChI is InChI=1S/C26H29NO5S/c1-5-6-7-20-10-12-22(13-11-20)27(33(29,30)25-14-8-19(2)9-15-25)26(28)21-16-23(31-3)18-24(17-21)32-4/h8-18H,5-7H2,1-4H3. The molecule has 0 aliphatic heterocycles. The van der Waals surface area contributed by atoms with E-state index in [2.05, 4.69) is 6.92 Å². The summed E-state index contributed by atoms with van der Waals surface area (Å²) in [5.74, 6) is 0.0784. The number of rotatable bonds is 9. The third-order valence-electron chi connectivity index (χ3n) is 5.33. The highest BCUT2D eigenvalue weighted by atomic mass is 32.2. The normalized spacial score (nSPS) is 11.2. The van der Waals surface area contributed by atoms with Gasteiger partial charge in [-0.3, -0.25) is 4.79 Å². The van der Waals surface area contributed by atoms with Crippen LogP contribution >= 0.6 is 0 Å². The van der Waals surface area contributed by atoms with Crippen LogP contribution in [-0.2, 0) is 16.4 Å². The Morgan fingerprint density at radius 3 is 1.97 bits per heavy atom. The minimum atomic E-state index is -4.19. The Kier molecular flexibility index (Phi) is 7.76. The lowest BCUT2D eigenvalue weighted by molar-refractivity contribution is 0.100. The molecule has 1 amide bonds. The molecule has 0 bridgehead atoms. The number of nitrogens with zero attached hydrogens (tertiary/aromatic N) is 1. The molecule has 0 aliphatic rings. The fourth-order valence-corrected chi connectivity index (χ4v) is 4.82. The number of unbranched alkanes of at least 4 members (excludes halogenated alkanes) is 1. The van der Waals surface area contributed by atoms with Gasteiger partial charge < -0.3 is 9.47 Å². The van der Waals surface area contributed by atoms with E-state index in [0.29, 0.717) is 11.5 Å². The van der Waals surface area contributed by atoms with Crippen molar-refractivity contribution in [2.75, 3.05) is 18.5 Å². The van der Waals surface area contributed by atoms with Gasteiger partial charge in [-0.05, 0) is 61.7 Å². The van der Waals surface area contributed by atoms with Gasteiger partial charge in [0.1, 0.15) is 11.5 Å². The van der Waals surface area contributed by atoms with Gasteiger partial charge in [-0.2, -0.15) is 4.31 Å². The van der Waals surface area contributed by atoms with E-state index < -0.39 is 15.9 Å². The molecule has 0 spiro atoms. The maximum absolute atomic E-state index is 13.7. The van der Waals surface area contributed by atoms with Crippen molar-refractivity contribution < 1.29 is 22.7 Å². The number of anilines is 1. The van der Waals surface area contributed by atoms with E-state index in [0.717, 1.165) is 34.7 Å². The van der Waals surface area contributed by atoms with Crippen LogP contribution in [0.15, 0.2) is 71.6 Å². The molecule has 33 heavy (non-hydrogen) atoms. The lowest BCUT2D eigenvalue weighted by atomic mass is 10.1. The Morgan fingerprint density at radius 1 is 0.879 bits per heavy atom. The zero-order valence-corrected chi connectivity index (χ0v) is 20.2. The van der Waals surface area contributed by atoms with Gasteiger partial charge in [0.05, 0.1) is 24.8 Å². The molecule has 3 aromatic rings. The van der Waals surface area contributed by atoms with Gasteiger partial charge in [-0.1, -0.05) is 43.2 Å². The number of hydrogen-bond acceptors (Lipinski definition) is 5. The summed E-state index contributed by atoms with van der Waals surface area (Å²) in [6, 6.07) is 18.1. The fourth-order valence-electron chi connectivity index (χ4n) is 3.41. The molecule has 0 saturated carbocycles. The van der Waals surface area contributed by atoms with Crippen LogP contribution < -0.4 is 13.8 Å².